The summed E-state index contributed by atoms with van der Waals surface area (Å²) >= 11 is 0. The molecule has 2 aromatic heterocycles. The molecule has 2 aromatic rings. The fraction of sp³-hybridized carbons (Fsp3) is 0.478. The average molecular weight is 500 g/mol. The van der Waals surface area contributed by atoms with Crippen LogP contribution in [0.1, 0.15) is 16.8 Å². The van der Waals surface area contributed by atoms with Gasteiger partial charge in [0.15, 0.2) is 18.2 Å². The van der Waals surface area contributed by atoms with Gasteiger partial charge in [0.05, 0.1) is 18.9 Å². The lowest BCUT2D eigenvalue weighted by molar-refractivity contribution is -0.123. The number of amides is 2. The van der Waals surface area contributed by atoms with Gasteiger partial charge in [-0.25, -0.2) is 19.2 Å². The van der Waals surface area contributed by atoms with Crippen LogP contribution in [-0.2, 0) is 27.2 Å². The number of aromatic nitrogens is 3. The monoisotopic (exact) mass is 500 g/mol. The van der Waals surface area contributed by atoms with Gasteiger partial charge in [-0.3, -0.25) is 19.5 Å². The third-order valence-electron chi connectivity index (χ3n) is 6.91. The number of carbonyl (C=O) groups is 3. The second-order valence-corrected chi connectivity index (χ2v) is 9.26. The molecule has 2 N–H and O–H groups in total. The lowest BCUT2D eigenvalue weighted by Crippen LogP contribution is -2.54. The van der Waals surface area contributed by atoms with Crippen molar-refractivity contribution in [1.29, 1.82) is 0 Å². The zero-order valence-electron chi connectivity index (χ0n) is 19.5. The van der Waals surface area contributed by atoms with E-state index >= 15 is 0 Å². The van der Waals surface area contributed by atoms with E-state index in [2.05, 4.69) is 25.2 Å². The second kappa shape index (κ2) is 9.64. The van der Waals surface area contributed by atoms with E-state index in [1.165, 1.54) is 17.3 Å². The van der Waals surface area contributed by atoms with Crippen molar-refractivity contribution in [3.05, 3.63) is 35.0 Å². The van der Waals surface area contributed by atoms with Crippen molar-refractivity contribution in [2.24, 2.45) is 11.8 Å². The van der Waals surface area contributed by atoms with Gasteiger partial charge in [-0.2, -0.15) is 0 Å². The average Bonchev–Trinajstić information content (AvgIpc) is 3.43. The lowest BCUT2D eigenvalue weighted by Gasteiger charge is -2.42. The SMILES string of the molecule is Cc1ncc(F)c2c1CC(CN1CC(C3CN(c4cnc5c(n4)NC(=O)CO5)C(=O)O3)C1)C2.O=CO. The van der Waals surface area contributed by atoms with Crippen LogP contribution in [0.5, 0.6) is 5.88 Å². The van der Waals surface area contributed by atoms with Crippen LogP contribution >= 0.6 is 0 Å². The van der Waals surface area contributed by atoms with Crippen LogP contribution in [0.4, 0.5) is 20.8 Å². The molecular formula is C23H25FN6O6. The molecule has 13 heteroatoms. The number of rotatable bonds is 4. The number of hydrogen-bond acceptors (Lipinski definition) is 9. The molecule has 3 aliphatic heterocycles. The number of anilines is 2. The first-order valence-electron chi connectivity index (χ1n) is 11.6. The Hall–Kier alpha value is -3.87. The van der Waals surface area contributed by atoms with Gasteiger partial charge in [0.1, 0.15) is 11.9 Å². The fourth-order valence-electron chi connectivity index (χ4n) is 5.21. The van der Waals surface area contributed by atoms with Crippen molar-refractivity contribution in [3.63, 3.8) is 0 Å². The molecule has 2 fully saturated rings. The Morgan fingerprint density at radius 3 is 2.69 bits per heavy atom. The number of halogens is 1. The van der Waals surface area contributed by atoms with Crippen LogP contribution < -0.4 is 15.0 Å². The number of fused-ring (bicyclic) bond motifs is 2. The molecule has 0 aromatic carbocycles. The molecule has 2 unspecified atom stereocenters. The largest absolute Gasteiger partial charge is 0.483 e. The summed E-state index contributed by atoms with van der Waals surface area (Å²) < 4.78 is 24.9. The Balaban J connectivity index is 0.000000848. The first-order chi connectivity index (χ1) is 17.4. The third kappa shape index (κ3) is 4.53. The summed E-state index contributed by atoms with van der Waals surface area (Å²) in [5, 5.41) is 9.49. The van der Waals surface area contributed by atoms with Gasteiger partial charge in [0.2, 0.25) is 0 Å². The van der Waals surface area contributed by atoms with Crippen molar-refractivity contribution in [1.82, 2.24) is 19.9 Å². The van der Waals surface area contributed by atoms with Gasteiger partial charge in [0.25, 0.3) is 18.3 Å². The molecule has 36 heavy (non-hydrogen) atoms. The van der Waals surface area contributed by atoms with Crippen LogP contribution in [0.15, 0.2) is 12.4 Å². The molecule has 0 saturated carbocycles. The zero-order chi connectivity index (χ0) is 25.4. The van der Waals surface area contributed by atoms with Gasteiger partial charge < -0.3 is 24.8 Å². The van der Waals surface area contributed by atoms with Gasteiger partial charge in [-0.05, 0) is 36.8 Å². The zero-order valence-corrected chi connectivity index (χ0v) is 19.5. The number of carbonyl (C=O) groups excluding carboxylic acids is 2. The summed E-state index contributed by atoms with van der Waals surface area (Å²) in [7, 11) is 0. The van der Waals surface area contributed by atoms with Gasteiger partial charge in [-0.15, -0.1) is 0 Å². The predicted molar refractivity (Wildman–Crippen MR) is 122 cm³/mol. The highest BCUT2D eigenvalue weighted by Gasteiger charge is 2.44. The number of likely N-dealkylation sites (tertiary alicyclic amines) is 1. The first-order valence-corrected chi connectivity index (χ1v) is 11.6. The standard InChI is InChI=1S/C22H23FN6O4.CH2O2/c1-11-14-2-12(3-15(14)16(23)4-24-11)6-28-7-13(8-28)17-9-29(22(31)33-17)18-5-25-21-20(26-18)27-19(30)10-32-21;2-1-3/h4-5,12-13,17H,2-3,6-10H2,1H3,(H,26,27,30);1H,(H,2,3). The fourth-order valence-corrected chi connectivity index (χ4v) is 5.21. The summed E-state index contributed by atoms with van der Waals surface area (Å²) in [5.74, 6) is 0.851. The summed E-state index contributed by atoms with van der Waals surface area (Å²) in [5.41, 5.74) is 2.80. The molecule has 6 rings (SSSR count). The normalized spacial score (nSPS) is 22.9. The van der Waals surface area contributed by atoms with Gasteiger partial charge in [-0.1, -0.05) is 0 Å². The summed E-state index contributed by atoms with van der Waals surface area (Å²) in [6, 6.07) is 0. The number of nitrogens with zero attached hydrogens (tertiary/aromatic N) is 5. The third-order valence-corrected chi connectivity index (χ3v) is 6.91. The van der Waals surface area contributed by atoms with E-state index in [9.17, 15) is 14.0 Å². The quantitative estimate of drug-likeness (QED) is 0.583. The second-order valence-electron chi connectivity index (χ2n) is 9.26. The summed E-state index contributed by atoms with van der Waals surface area (Å²) in [6.07, 6.45) is 3.67. The smallest absolute Gasteiger partial charge is 0.416 e. The number of pyridine rings is 1. The summed E-state index contributed by atoms with van der Waals surface area (Å²) in [4.78, 5) is 48.7. The molecular weight excluding hydrogens is 475 g/mol. The minimum absolute atomic E-state index is 0.106. The summed E-state index contributed by atoms with van der Waals surface area (Å²) in [6.45, 7) is 4.52. The Morgan fingerprint density at radius 1 is 1.19 bits per heavy atom. The maximum atomic E-state index is 14.1. The maximum absolute atomic E-state index is 14.1. The van der Waals surface area contributed by atoms with Gasteiger partial charge in [0, 0.05) is 31.2 Å². The van der Waals surface area contributed by atoms with Gasteiger partial charge >= 0.3 is 6.09 Å². The molecule has 4 aliphatic rings. The molecule has 12 nitrogen and oxygen atoms in total. The van der Waals surface area contributed by atoms with E-state index in [1.807, 2.05) is 6.92 Å². The Kier molecular flexibility index (Phi) is 6.39. The number of hydrogen-bond donors (Lipinski definition) is 2. The van der Waals surface area contributed by atoms with Crippen molar-refractivity contribution in [3.8, 4) is 5.88 Å². The number of aryl methyl sites for hydroxylation is 1. The number of carboxylic acid groups (broad SMARTS) is 1. The Bertz CT molecular complexity index is 1170. The van der Waals surface area contributed by atoms with Crippen LogP contribution in [0.3, 0.4) is 0 Å². The van der Waals surface area contributed by atoms with Crippen LogP contribution in [0.25, 0.3) is 0 Å². The Labute approximate surface area is 205 Å². The van der Waals surface area contributed by atoms with E-state index in [4.69, 9.17) is 19.4 Å². The highest BCUT2D eigenvalue weighted by Crippen LogP contribution is 2.34. The topological polar surface area (TPSA) is 147 Å². The molecule has 0 radical (unpaired) electrons. The predicted octanol–water partition coefficient (Wildman–Crippen LogP) is 1.02. The Morgan fingerprint density at radius 2 is 1.94 bits per heavy atom. The van der Waals surface area contributed by atoms with E-state index in [1.54, 1.807) is 0 Å². The molecule has 0 bridgehead atoms. The molecule has 0 spiro atoms. The van der Waals surface area contributed by atoms with Crippen LogP contribution in [-0.4, -0.2) is 82.3 Å². The van der Waals surface area contributed by atoms with Crippen molar-refractivity contribution in [2.75, 3.05) is 43.0 Å². The first kappa shape index (κ1) is 23.9. The minimum atomic E-state index is -0.472. The molecule has 5 heterocycles. The highest BCUT2D eigenvalue weighted by molar-refractivity contribution is 5.94. The molecule has 2 saturated heterocycles. The van der Waals surface area contributed by atoms with Crippen LogP contribution in [0.2, 0.25) is 0 Å². The lowest BCUT2D eigenvalue weighted by atomic mass is 9.91. The van der Waals surface area contributed by atoms with Crippen molar-refractivity contribution >= 4 is 30.1 Å². The maximum Gasteiger partial charge on any atom is 0.416 e. The number of cyclic esters (lactones) is 1. The number of nitrogens with one attached hydrogen (secondary N) is 1. The van der Waals surface area contributed by atoms with Crippen LogP contribution in [0, 0.1) is 24.6 Å². The number of ether oxygens (including phenoxy) is 2. The molecule has 1 aliphatic carbocycles. The highest BCUT2D eigenvalue weighted by atomic mass is 19.1. The van der Waals surface area contributed by atoms with E-state index in [0.29, 0.717) is 18.3 Å². The van der Waals surface area contributed by atoms with Crippen molar-refractivity contribution < 1.29 is 33.4 Å². The molecule has 2 atom stereocenters. The van der Waals surface area contributed by atoms with Crippen molar-refractivity contribution in [2.45, 2.75) is 25.9 Å². The van der Waals surface area contributed by atoms with E-state index in [-0.39, 0.29) is 48.5 Å². The molecule has 190 valence electrons. The molecule has 2 amide bonds. The van der Waals surface area contributed by atoms with E-state index in [0.717, 1.165) is 49.3 Å². The minimum Gasteiger partial charge on any atom is -0.483 e. The van der Waals surface area contributed by atoms with E-state index < -0.39 is 6.09 Å².